The van der Waals surface area contributed by atoms with Gasteiger partial charge in [-0.3, -0.25) is 0 Å². The number of piperidine rings is 2. The number of allylic oxidation sites excluding steroid dienone is 1. The molecular formula is C50H58F2N2O8. The molecule has 0 saturated carbocycles. The third-order valence-corrected chi connectivity index (χ3v) is 11.7. The summed E-state index contributed by atoms with van der Waals surface area (Å²) in [7, 11) is 0. The minimum atomic E-state index is -0.217. The number of hydrogen-bond donors (Lipinski definition) is 4. The third kappa shape index (κ3) is 12.4. The number of rotatable bonds is 16. The van der Waals surface area contributed by atoms with Crippen LogP contribution >= 0.6 is 0 Å². The van der Waals surface area contributed by atoms with Crippen molar-refractivity contribution in [3.8, 4) is 46.3 Å². The van der Waals surface area contributed by atoms with Crippen molar-refractivity contribution in [3.63, 3.8) is 0 Å². The molecule has 4 N–H and O–H groups in total. The summed E-state index contributed by atoms with van der Waals surface area (Å²) in [4.78, 5) is 0. The Morgan fingerprint density at radius 1 is 0.645 bits per heavy atom. The fraction of sp³-hybridized carbons (Fsp3) is 0.440. The van der Waals surface area contributed by atoms with E-state index in [4.69, 9.17) is 38.6 Å². The summed E-state index contributed by atoms with van der Waals surface area (Å²) in [6.07, 6.45) is 11.3. The van der Waals surface area contributed by atoms with E-state index in [9.17, 15) is 8.78 Å². The smallest absolute Gasteiger partial charge is 0.231 e. The first-order valence-corrected chi connectivity index (χ1v) is 21.9. The van der Waals surface area contributed by atoms with Crippen molar-refractivity contribution in [2.24, 2.45) is 11.8 Å². The van der Waals surface area contributed by atoms with Crippen LogP contribution in [0.25, 0.3) is 6.08 Å². The van der Waals surface area contributed by atoms with Gasteiger partial charge in [-0.05, 0) is 105 Å². The van der Waals surface area contributed by atoms with Gasteiger partial charge in [-0.2, -0.15) is 0 Å². The summed E-state index contributed by atoms with van der Waals surface area (Å²) in [5.41, 5.74) is 4.02. The van der Waals surface area contributed by atoms with Crippen molar-refractivity contribution in [1.82, 2.24) is 10.6 Å². The molecule has 0 unspecified atom stereocenters. The molecule has 0 amide bonds. The van der Waals surface area contributed by atoms with Crippen LogP contribution in [-0.4, -0.2) is 76.4 Å². The molecule has 0 bridgehead atoms. The lowest BCUT2D eigenvalue weighted by molar-refractivity contribution is 0.173. The van der Waals surface area contributed by atoms with Gasteiger partial charge in [-0.25, -0.2) is 8.78 Å². The van der Waals surface area contributed by atoms with Gasteiger partial charge in [0.2, 0.25) is 13.6 Å². The maximum atomic E-state index is 13.4. The molecule has 2 saturated heterocycles. The molecule has 8 rings (SSSR count). The number of unbranched alkanes of at least 4 members (excludes halogenated alkanes) is 4. The predicted octanol–water partition coefficient (Wildman–Crippen LogP) is 8.34. The molecule has 10 nitrogen and oxygen atoms in total. The van der Waals surface area contributed by atoms with Crippen LogP contribution in [0.1, 0.15) is 85.5 Å². The Labute approximate surface area is 363 Å². The second-order valence-electron chi connectivity index (χ2n) is 16.0. The van der Waals surface area contributed by atoms with Gasteiger partial charge in [0.05, 0.1) is 18.8 Å². The van der Waals surface area contributed by atoms with Crippen LogP contribution in [0, 0.1) is 35.3 Å². The van der Waals surface area contributed by atoms with E-state index in [1.165, 1.54) is 24.3 Å². The fourth-order valence-corrected chi connectivity index (χ4v) is 8.31. The van der Waals surface area contributed by atoms with Crippen LogP contribution in [0.5, 0.6) is 34.5 Å². The van der Waals surface area contributed by atoms with Crippen LogP contribution in [0.15, 0.2) is 78.9 Å². The first kappa shape index (κ1) is 44.7. The van der Waals surface area contributed by atoms with Crippen LogP contribution < -0.4 is 39.1 Å². The lowest BCUT2D eigenvalue weighted by Gasteiger charge is -2.32. The highest BCUT2D eigenvalue weighted by Gasteiger charge is 2.29. The van der Waals surface area contributed by atoms with Crippen molar-refractivity contribution in [3.05, 3.63) is 113 Å². The van der Waals surface area contributed by atoms with Crippen molar-refractivity contribution in [2.75, 3.05) is 66.2 Å². The highest BCUT2D eigenvalue weighted by Crippen LogP contribution is 2.41. The number of hydrogen-bond acceptors (Lipinski definition) is 10. The zero-order valence-electron chi connectivity index (χ0n) is 35.2. The van der Waals surface area contributed by atoms with E-state index >= 15 is 0 Å². The molecule has 4 aromatic rings. The Bertz CT molecular complexity index is 2120. The van der Waals surface area contributed by atoms with Crippen molar-refractivity contribution in [2.45, 2.75) is 63.2 Å². The minimum absolute atomic E-state index is 0.124. The van der Waals surface area contributed by atoms with Gasteiger partial charge in [0.1, 0.15) is 23.1 Å². The monoisotopic (exact) mass is 852 g/mol. The topological polar surface area (TPSA) is 120 Å². The van der Waals surface area contributed by atoms with Crippen LogP contribution in [-0.2, 0) is 0 Å². The Morgan fingerprint density at radius 3 is 1.76 bits per heavy atom. The molecular weight excluding hydrogens is 795 g/mol. The van der Waals surface area contributed by atoms with Crippen molar-refractivity contribution in [1.29, 1.82) is 0 Å². The quantitative estimate of drug-likeness (QED) is 0.0647. The first-order chi connectivity index (χ1) is 30.5. The molecule has 0 spiro atoms. The van der Waals surface area contributed by atoms with E-state index in [2.05, 4.69) is 34.6 Å². The third-order valence-electron chi connectivity index (χ3n) is 11.7. The minimum Gasteiger partial charge on any atom is -0.492 e. The number of halogens is 2. The number of nitrogens with one attached hydrogen (secondary N) is 2. The van der Waals surface area contributed by atoms with Crippen molar-refractivity contribution < 1.29 is 47.4 Å². The molecule has 0 aliphatic carbocycles. The zero-order chi connectivity index (χ0) is 42.9. The molecule has 4 atom stereocenters. The molecule has 12 heteroatoms. The Morgan fingerprint density at radius 2 is 1.18 bits per heavy atom. The average molecular weight is 853 g/mol. The Balaban J connectivity index is 0.000000187. The van der Waals surface area contributed by atoms with E-state index in [1.807, 2.05) is 48.5 Å². The molecule has 2 fully saturated rings. The summed E-state index contributed by atoms with van der Waals surface area (Å²) in [6, 6.07) is 21.2. The molecule has 0 radical (unpaired) electrons. The molecule has 62 heavy (non-hydrogen) atoms. The lowest BCUT2D eigenvalue weighted by atomic mass is 9.81. The van der Waals surface area contributed by atoms with E-state index in [0.717, 1.165) is 98.5 Å². The normalized spacial score (nSPS) is 19.9. The Kier molecular flexibility index (Phi) is 16.7. The summed E-state index contributed by atoms with van der Waals surface area (Å²) >= 11 is 0. The van der Waals surface area contributed by atoms with E-state index in [1.54, 1.807) is 0 Å². The van der Waals surface area contributed by atoms with Gasteiger partial charge in [-0.1, -0.05) is 54.7 Å². The largest absolute Gasteiger partial charge is 0.492 e. The predicted molar refractivity (Wildman–Crippen MR) is 234 cm³/mol. The highest BCUT2D eigenvalue weighted by atomic mass is 19.1. The Hall–Kier alpha value is -5.32. The van der Waals surface area contributed by atoms with E-state index < -0.39 is 0 Å². The summed E-state index contributed by atoms with van der Waals surface area (Å²) < 4.78 is 61.4. The van der Waals surface area contributed by atoms with Gasteiger partial charge in [0.15, 0.2) is 23.0 Å². The second kappa shape index (κ2) is 23.2. The van der Waals surface area contributed by atoms with Gasteiger partial charge in [-0.15, -0.1) is 0 Å². The maximum Gasteiger partial charge on any atom is 0.231 e. The second-order valence-corrected chi connectivity index (χ2v) is 16.0. The number of ether oxygens (including phenoxy) is 6. The molecule has 4 aliphatic rings. The molecule has 4 heterocycles. The van der Waals surface area contributed by atoms with E-state index in [0.29, 0.717) is 60.9 Å². The zero-order valence-corrected chi connectivity index (χ0v) is 35.2. The standard InChI is InChI=1S/C26H32FNO4.C24H26FNO4/c27-22-9-7-19(8-10-22)23-11-12-28-16-21(23)17-30-24-15-26-25(31-18-32-26)14-20(24)6-4-2-1-3-5-13-29;25-20-7-5-17(6-8-20)21-9-10-26-14-19(21)15-28-22-13-24-23(29-16-30-24)12-18(22)4-2-1-3-11-27/h4,6-10,14-15,21,23,28-29H,1-3,5,11-13,16-18H2;5-8,12-13,19,21,26-27H,1,3,9-11,14-16H2/b6-4+;/t21-,23-;19-,21-/m00/s1. The van der Waals surface area contributed by atoms with E-state index in [-0.39, 0.29) is 50.3 Å². The average Bonchev–Trinajstić information content (AvgIpc) is 3.97. The number of aliphatic hydroxyl groups excluding tert-OH is 2. The van der Waals surface area contributed by atoms with Gasteiger partial charge >= 0.3 is 0 Å². The summed E-state index contributed by atoms with van der Waals surface area (Å²) in [6.45, 7) is 5.45. The van der Waals surface area contributed by atoms with Gasteiger partial charge < -0.3 is 49.3 Å². The molecule has 330 valence electrons. The lowest BCUT2D eigenvalue weighted by Crippen LogP contribution is -2.38. The summed E-state index contributed by atoms with van der Waals surface area (Å²) in [5.74, 6) is 11.2. The van der Waals surface area contributed by atoms with Crippen molar-refractivity contribution >= 4 is 6.08 Å². The van der Waals surface area contributed by atoms with Gasteiger partial charge in [0.25, 0.3) is 0 Å². The highest BCUT2D eigenvalue weighted by molar-refractivity contribution is 5.64. The summed E-state index contributed by atoms with van der Waals surface area (Å²) in [5, 5.41) is 24.8. The SMILES string of the molecule is OCCCC#Cc1cc2c(cc1OC[C@@H]1CNCC[C@H]1c1ccc(F)cc1)OCO2.OCCCCC/C=C/c1cc2c(cc1OC[C@@H]1CNCC[C@H]1c1ccc(F)cc1)OCO2. The van der Waals surface area contributed by atoms with Crippen LogP contribution in [0.4, 0.5) is 8.78 Å². The molecule has 4 aromatic carbocycles. The van der Waals surface area contributed by atoms with Crippen LogP contribution in [0.3, 0.4) is 0 Å². The maximum absolute atomic E-state index is 13.4. The molecule has 4 aliphatic heterocycles. The first-order valence-electron chi connectivity index (χ1n) is 21.9. The molecule has 0 aromatic heterocycles. The fourth-order valence-electron chi connectivity index (χ4n) is 8.31. The number of benzene rings is 4. The number of aliphatic hydroxyl groups is 2. The van der Waals surface area contributed by atoms with Crippen LogP contribution in [0.2, 0.25) is 0 Å². The number of fused-ring (bicyclic) bond motifs is 2. The van der Waals surface area contributed by atoms with Gasteiger partial charge in [0, 0.05) is 68.3 Å².